The minimum atomic E-state index is -0.378. The summed E-state index contributed by atoms with van der Waals surface area (Å²) in [4.78, 5) is 10.4. The fourth-order valence-corrected chi connectivity index (χ4v) is 2.36. The van der Waals surface area contributed by atoms with Gasteiger partial charge in [0.1, 0.15) is 0 Å². The van der Waals surface area contributed by atoms with E-state index in [1.54, 1.807) is 12.1 Å². The average Bonchev–Trinajstić information content (AvgIpc) is 2.38. The van der Waals surface area contributed by atoms with Gasteiger partial charge in [0.15, 0.2) is 0 Å². The zero-order valence-electron chi connectivity index (χ0n) is 9.89. The van der Waals surface area contributed by atoms with Gasteiger partial charge in [-0.25, -0.2) is 0 Å². The van der Waals surface area contributed by atoms with Gasteiger partial charge in [0.05, 0.1) is 16.0 Å². The van der Waals surface area contributed by atoms with E-state index in [0.29, 0.717) is 17.1 Å². The van der Waals surface area contributed by atoms with Crippen molar-refractivity contribution in [1.29, 1.82) is 0 Å². The van der Waals surface area contributed by atoms with Gasteiger partial charge in [-0.05, 0) is 40.4 Å². The number of hydrogen-bond acceptors (Lipinski definition) is 4. The first kappa shape index (κ1) is 13.5. The van der Waals surface area contributed by atoms with Gasteiger partial charge in [0.2, 0.25) is 0 Å². The molecule has 1 heterocycles. The average molecular weight is 315 g/mol. The number of nitrogens with one attached hydrogen (secondary N) is 1. The molecule has 0 aliphatic carbocycles. The van der Waals surface area contributed by atoms with Gasteiger partial charge in [-0.15, -0.1) is 0 Å². The van der Waals surface area contributed by atoms with E-state index in [-0.39, 0.29) is 10.6 Å². The lowest BCUT2D eigenvalue weighted by Gasteiger charge is -2.23. The molecule has 2 rings (SSSR count). The summed E-state index contributed by atoms with van der Waals surface area (Å²) in [6.45, 7) is 2.18. The number of ether oxygens (including phenoxy) is 1. The van der Waals surface area contributed by atoms with Gasteiger partial charge in [0.25, 0.3) is 5.69 Å². The molecular weight excluding hydrogens is 300 g/mol. The fraction of sp³-hybridized carbons (Fsp3) is 0.500. The van der Waals surface area contributed by atoms with Crippen molar-refractivity contribution in [2.75, 3.05) is 13.2 Å². The molecule has 5 nitrogen and oxygen atoms in total. The first-order valence-corrected chi connectivity index (χ1v) is 6.70. The second-order valence-corrected chi connectivity index (χ2v) is 5.19. The number of rotatable bonds is 4. The predicted molar refractivity (Wildman–Crippen MR) is 71.5 cm³/mol. The highest BCUT2D eigenvalue weighted by molar-refractivity contribution is 9.10. The number of nitrogens with zero attached hydrogens (tertiary/aromatic N) is 1. The molecule has 1 saturated heterocycles. The summed E-state index contributed by atoms with van der Waals surface area (Å²) in [6, 6.07) is 5.54. The van der Waals surface area contributed by atoms with Crippen LogP contribution >= 0.6 is 15.9 Å². The third kappa shape index (κ3) is 3.51. The van der Waals surface area contributed by atoms with Crippen molar-refractivity contribution in [3.63, 3.8) is 0 Å². The Hall–Kier alpha value is -0.980. The van der Waals surface area contributed by atoms with Gasteiger partial charge in [0, 0.05) is 25.3 Å². The largest absolute Gasteiger partial charge is 0.380 e. The van der Waals surface area contributed by atoms with Crippen molar-refractivity contribution in [1.82, 2.24) is 5.32 Å². The fourth-order valence-electron chi connectivity index (χ4n) is 1.97. The number of benzene rings is 1. The van der Waals surface area contributed by atoms with Crippen LogP contribution in [-0.2, 0) is 11.3 Å². The predicted octanol–water partition coefficient (Wildman–Crippen LogP) is 2.63. The SMILES string of the molecule is O=[N+]([O-])c1cc(CNC2CCCOC2)ccc1Br. The monoisotopic (exact) mass is 314 g/mol. The number of nitro groups is 1. The highest BCUT2D eigenvalue weighted by atomic mass is 79.9. The number of halogens is 1. The molecule has 0 bridgehead atoms. The van der Waals surface area contributed by atoms with Crippen LogP contribution in [0.25, 0.3) is 0 Å². The Kier molecular flexibility index (Phi) is 4.68. The van der Waals surface area contributed by atoms with Gasteiger partial charge < -0.3 is 10.1 Å². The molecule has 6 heteroatoms. The lowest BCUT2D eigenvalue weighted by atomic mass is 10.1. The lowest BCUT2D eigenvalue weighted by molar-refractivity contribution is -0.385. The standard InChI is InChI=1S/C12H15BrN2O3/c13-11-4-3-9(6-12(11)15(16)17)7-14-10-2-1-5-18-8-10/h3-4,6,10,14H,1-2,5,7-8H2. The summed E-state index contributed by atoms with van der Waals surface area (Å²) in [5, 5.41) is 14.2. The molecule has 1 atom stereocenters. The molecule has 0 saturated carbocycles. The van der Waals surface area contributed by atoms with Crippen LogP contribution < -0.4 is 5.32 Å². The van der Waals surface area contributed by atoms with Gasteiger partial charge >= 0.3 is 0 Å². The van der Waals surface area contributed by atoms with Crippen molar-refractivity contribution in [3.05, 3.63) is 38.3 Å². The summed E-state index contributed by atoms with van der Waals surface area (Å²) in [6.07, 6.45) is 2.16. The second kappa shape index (κ2) is 6.26. The van der Waals surface area contributed by atoms with E-state index in [9.17, 15) is 10.1 Å². The molecule has 98 valence electrons. The van der Waals surface area contributed by atoms with Crippen LogP contribution in [0, 0.1) is 10.1 Å². The Morgan fingerprint density at radius 1 is 1.56 bits per heavy atom. The molecule has 1 aromatic rings. The Bertz CT molecular complexity index is 433. The summed E-state index contributed by atoms with van der Waals surface area (Å²) >= 11 is 3.18. The van der Waals surface area contributed by atoms with E-state index in [0.717, 1.165) is 31.6 Å². The lowest BCUT2D eigenvalue weighted by Crippen LogP contribution is -2.36. The maximum Gasteiger partial charge on any atom is 0.283 e. The van der Waals surface area contributed by atoms with Crippen LogP contribution in [0.5, 0.6) is 0 Å². The molecule has 0 spiro atoms. The van der Waals surface area contributed by atoms with E-state index in [1.165, 1.54) is 0 Å². The number of nitro benzene ring substituents is 1. The minimum Gasteiger partial charge on any atom is -0.380 e. The van der Waals surface area contributed by atoms with Crippen LogP contribution in [0.15, 0.2) is 22.7 Å². The zero-order valence-corrected chi connectivity index (χ0v) is 11.5. The Balaban J connectivity index is 1.96. The van der Waals surface area contributed by atoms with E-state index >= 15 is 0 Å². The molecule has 0 aromatic heterocycles. The summed E-state index contributed by atoms with van der Waals surface area (Å²) in [5.41, 5.74) is 1.02. The molecule has 1 unspecified atom stereocenters. The van der Waals surface area contributed by atoms with Crippen LogP contribution in [0.1, 0.15) is 18.4 Å². The smallest absolute Gasteiger partial charge is 0.283 e. The highest BCUT2D eigenvalue weighted by Crippen LogP contribution is 2.25. The zero-order chi connectivity index (χ0) is 13.0. The van der Waals surface area contributed by atoms with Crippen molar-refractivity contribution in [2.24, 2.45) is 0 Å². The van der Waals surface area contributed by atoms with Crippen LogP contribution in [-0.4, -0.2) is 24.2 Å². The second-order valence-electron chi connectivity index (χ2n) is 4.34. The molecule has 0 radical (unpaired) electrons. The van der Waals surface area contributed by atoms with Crippen molar-refractivity contribution in [2.45, 2.75) is 25.4 Å². The highest BCUT2D eigenvalue weighted by Gasteiger charge is 2.15. The first-order valence-electron chi connectivity index (χ1n) is 5.91. The molecule has 1 N–H and O–H groups in total. The topological polar surface area (TPSA) is 64.4 Å². The van der Waals surface area contributed by atoms with Gasteiger partial charge in [-0.1, -0.05) is 6.07 Å². The molecule has 1 aliphatic rings. The normalized spacial score (nSPS) is 19.7. The van der Waals surface area contributed by atoms with E-state index in [4.69, 9.17) is 4.74 Å². The Morgan fingerprint density at radius 3 is 3.06 bits per heavy atom. The molecule has 18 heavy (non-hydrogen) atoms. The summed E-state index contributed by atoms with van der Waals surface area (Å²) < 4.78 is 5.88. The maximum absolute atomic E-state index is 10.8. The Labute approximate surface area is 114 Å². The molecule has 1 aliphatic heterocycles. The first-order chi connectivity index (χ1) is 8.66. The van der Waals surface area contributed by atoms with Crippen LogP contribution in [0.4, 0.5) is 5.69 Å². The minimum absolute atomic E-state index is 0.106. The van der Waals surface area contributed by atoms with Crippen LogP contribution in [0.3, 0.4) is 0 Å². The van der Waals surface area contributed by atoms with E-state index < -0.39 is 0 Å². The van der Waals surface area contributed by atoms with E-state index in [2.05, 4.69) is 21.2 Å². The third-order valence-corrected chi connectivity index (χ3v) is 3.63. The molecular formula is C12H15BrN2O3. The molecule has 0 amide bonds. The van der Waals surface area contributed by atoms with Crippen molar-refractivity contribution >= 4 is 21.6 Å². The quantitative estimate of drug-likeness (QED) is 0.685. The third-order valence-electron chi connectivity index (χ3n) is 2.96. The Morgan fingerprint density at radius 2 is 2.39 bits per heavy atom. The van der Waals surface area contributed by atoms with Crippen LogP contribution in [0.2, 0.25) is 0 Å². The maximum atomic E-state index is 10.8. The number of hydrogen-bond donors (Lipinski definition) is 1. The van der Waals surface area contributed by atoms with E-state index in [1.807, 2.05) is 6.07 Å². The molecule has 1 aromatic carbocycles. The van der Waals surface area contributed by atoms with Gasteiger partial charge in [-0.2, -0.15) is 0 Å². The molecule has 1 fully saturated rings. The van der Waals surface area contributed by atoms with Crippen molar-refractivity contribution < 1.29 is 9.66 Å². The summed E-state index contributed by atoms with van der Waals surface area (Å²) in [7, 11) is 0. The van der Waals surface area contributed by atoms with Gasteiger partial charge in [-0.3, -0.25) is 10.1 Å². The summed E-state index contributed by atoms with van der Waals surface area (Å²) in [5.74, 6) is 0. The van der Waals surface area contributed by atoms with Crippen molar-refractivity contribution in [3.8, 4) is 0 Å².